The third-order valence-electron chi connectivity index (χ3n) is 5.39. The van der Waals surface area contributed by atoms with E-state index in [1.165, 1.54) is 5.57 Å². The molecule has 0 atom stereocenters. The third-order valence-corrected chi connectivity index (χ3v) is 5.39. The number of benzene rings is 2. The number of hydrogen-bond donors (Lipinski definition) is 0. The molecule has 1 amide bonds. The zero-order valence-electron chi connectivity index (χ0n) is 17.3. The summed E-state index contributed by atoms with van der Waals surface area (Å²) < 4.78 is 0. The number of nitrogens with zero attached hydrogens (tertiary/aromatic N) is 2. The van der Waals surface area contributed by atoms with Gasteiger partial charge in [0.2, 0.25) is 0 Å². The Morgan fingerprint density at radius 3 is 2.47 bits per heavy atom. The Labute approximate surface area is 176 Å². The molecule has 0 aromatic heterocycles. The van der Waals surface area contributed by atoms with E-state index in [1.54, 1.807) is 19.0 Å². The average molecular weight is 396 g/mol. The highest BCUT2D eigenvalue weighted by molar-refractivity contribution is 6.10. The van der Waals surface area contributed by atoms with Crippen LogP contribution in [-0.2, 0) is 11.2 Å². The van der Waals surface area contributed by atoms with Crippen LogP contribution in [0.25, 0.3) is 11.1 Å². The average Bonchev–Trinajstić information content (AvgIpc) is 3.45. The molecule has 2 aliphatic rings. The molecular weight excluding hydrogens is 372 g/mol. The molecule has 2 aromatic rings. The highest BCUT2D eigenvalue weighted by atomic mass is 16.2. The van der Waals surface area contributed by atoms with Crippen LogP contribution in [0.15, 0.2) is 89.1 Å². The number of allylic oxidation sites excluding steroid dienone is 6. The summed E-state index contributed by atoms with van der Waals surface area (Å²) in [5, 5.41) is 0. The van der Waals surface area contributed by atoms with Crippen LogP contribution in [0.1, 0.15) is 28.8 Å². The Balaban J connectivity index is 1.53. The molecule has 0 bridgehead atoms. The molecule has 0 unspecified atom stereocenters. The summed E-state index contributed by atoms with van der Waals surface area (Å²) in [7, 11) is 3.48. The molecule has 2 aromatic carbocycles. The minimum atomic E-state index is -0.0283. The Kier molecular flexibility index (Phi) is 5.57. The summed E-state index contributed by atoms with van der Waals surface area (Å²) in [6, 6.07) is 15.4. The van der Waals surface area contributed by atoms with Crippen LogP contribution in [0.3, 0.4) is 0 Å². The lowest BCUT2D eigenvalue weighted by molar-refractivity contribution is -0.115. The van der Waals surface area contributed by atoms with Gasteiger partial charge in [-0.15, -0.1) is 0 Å². The van der Waals surface area contributed by atoms with Crippen molar-refractivity contribution in [1.82, 2.24) is 4.90 Å². The van der Waals surface area contributed by atoms with E-state index in [4.69, 9.17) is 0 Å². The van der Waals surface area contributed by atoms with Crippen molar-refractivity contribution in [2.75, 3.05) is 14.1 Å². The molecule has 1 aliphatic heterocycles. The van der Waals surface area contributed by atoms with Crippen LogP contribution in [0.4, 0.5) is 0 Å². The summed E-state index contributed by atoms with van der Waals surface area (Å²) >= 11 is 0. The number of amides is 1. The van der Waals surface area contributed by atoms with Gasteiger partial charge in [-0.2, -0.15) is 0 Å². The van der Waals surface area contributed by atoms with Crippen LogP contribution in [0.5, 0.6) is 0 Å². The number of Topliss-reactive ketones (excluding diaryl/α,β-unsaturated/α-hetero) is 1. The van der Waals surface area contributed by atoms with Gasteiger partial charge in [0.25, 0.3) is 5.91 Å². The lowest BCUT2D eigenvalue weighted by Gasteiger charge is -2.12. The van der Waals surface area contributed by atoms with E-state index in [0.29, 0.717) is 17.7 Å². The molecule has 4 nitrogen and oxygen atoms in total. The molecule has 1 heterocycles. The second-order valence-corrected chi connectivity index (χ2v) is 7.71. The Morgan fingerprint density at radius 1 is 1.00 bits per heavy atom. The Morgan fingerprint density at radius 2 is 1.77 bits per heavy atom. The second-order valence-electron chi connectivity index (χ2n) is 7.71. The summed E-state index contributed by atoms with van der Waals surface area (Å²) in [6.07, 6.45) is 10.0. The SMILES string of the molecule is CN(C)C(=O)c1ccc(-c2ccccc2CC(=O)C2=CCC(C3=CC=CC3)=N2)cc1. The minimum absolute atomic E-state index is 0.0283. The van der Waals surface area contributed by atoms with Gasteiger partial charge in [0.1, 0.15) is 5.70 Å². The lowest BCUT2D eigenvalue weighted by atomic mass is 9.95. The molecule has 0 radical (unpaired) electrons. The number of rotatable bonds is 6. The monoisotopic (exact) mass is 396 g/mol. The Hall–Kier alpha value is -3.53. The lowest BCUT2D eigenvalue weighted by Crippen LogP contribution is -2.21. The summed E-state index contributed by atoms with van der Waals surface area (Å²) in [5.41, 5.74) is 6.34. The molecule has 150 valence electrons. The minimum Gasteiger partial charge on any atom is -0.345 e. The van der Waals surface area contributed by atoms with Gasteiger partial charge in [-0.05, 0) is 46.9 Å². The predicted molar refractivity (Wildman–Crippen MR) is 121 cm³/mol. The smallest absolute Gasteiger partial charge is 0.253 e. The predicted octanol–water partition coefficient (Wildman–Crippen LogP) is 4.78. The van der Waals surface area contributed by atoms with E-state index in [2.05, 4.69) is 17.1 Å². The maximum absolute atomic E-state index is 12.9. The molecule has 0 fully saturated rings. The van der Waals surface area contributed by atoms with Gasteiger partial charge >= 0.3 is 0 Å². The maximum Gasteiger partial charge on any atom is 0.253 e. The van der Waals surface area contributed by atoms with E-state index in [-0.39, 0.29) is 11.7 Å². The molecular formula is C26H24N2O2. The van der Waals surface area contributed by atoms with Gasteiger partial charge in [0, 0.05) is 38.2 Å². The van der Waals surface area contributed by atoms with Crippen LogP contribution >= 0.6 is 0 Å². The zero-order chi connectivity index (χ0) is 21.1. The molecule has 4 heteroatoms. The highest BCUT2D eigenvalue weighted by Gasteiger charge is 2.20. The van der Waals surface area contributed by atoms with Gasteiger partial charge in [0.15, 0.2) is 5.78 Å². The van der Waals surface area contributed by atoms with Gasteiger partial charge in [-0.3, -0.25) is 9.59 Å². The van der Waals surface area contributed by atoms with Crippen LogP contribution in [0, 0.1) is 0 Å². The molecule has 4 rings (SSSR count). The number of aliphatic imine (C=N–C) groups is 1. The quantitative estimate of drug-likeness (QED) is 0.705. The summed E-state index contributed by atoms with van der Waals surface area (Å²) in [5.74, 6) is 0.00263. The number of carbonyl (C=O) groups excluding carboxylic acids is 2. The van der Waals surface area contributed by atoms with Crippen LogP contribution in [0.2, 0.25) is 0 Å². The fraction of sp³-hybridized carbons (Fsp3) is 0.192. The topological polar surface area (TPSA) is 49.7 Å². The van der Waals surface area contributed by atoms with E-state index in [0.717, 1.165) is 35.2 Å². The van der Waals surface area contributed by atoms with Gasteiger partial charge in [-0.25, -0.2) is 4.99 Å². The van der Waals surface area contributed by atoms with Gasteiger partial charge < -0.3 is 4.90 Å². The molecule has 0 spiro atoms. The first-order chi connectivity index (χ1) is 14.5. The largest absolute Gasteiger partial charge is 0.345 e. The first kappa shape index (κ1) is 19.8. The van der Waals surface area contributed by atoms with Gasteiger partial charge in [0.05, 0.1) is 0 Å². The molecule has 0 saturated heterocycles. The van der Waals surface area contributed by atoms with Crippen molar-refractivity contribution in [3.63, 3.8) is 0 Å². The fourth-order valence-corrected chi connectivity index (χ4v) is 3.74. The molecule has 1 aliphatic carbocycles. The standard InChI is InChI=1S/C26H24N2O2/c1-28(2)26(30)20-13-11-18(12-14-20)22-10-6-5-9-21(22)17-25(29)24-16-15-23(27-24)19-7-3-4-8-19/h3-7,9-14,16H,8,15,17H2,1-2H3. The second kappa shape index (κ2) is 8.46. The fourth-order valence-electron chi connectivity index (χ4n) is 3.74. The van der Waals surface area contributed by atoms with E-state index >= 15 is 0 Å². The number of carbonyl (C=O) groups is 2. The van der Waals surface area contributed by atoms with E-state index < -0.39 is 0 Å². The first-order valence-corrected chi connectivity index (χ1v) is 10.1. The van der Waals surface area contributed by atoms with E-state index in [9.17, 15) is 9.59 Å². The normalized spacial score (nSPS) is 14.9. The maximum atomic E-state index is 12.9. The number of ketones is 1. The third kappa shape index (κ3) is 4.08. The van der Waals surface area contributed by atoms with Crippen molar-refractivity contribution in [3.8, 4) is 11.1 Å². The molecule has 0 saturated carbocycles. The Bertz CT molecular complexity index is 1120. The summed E-state index contributed by atoms with van der Waals surface area (Å²) in [4.78, 5) is 31.2. The van der Waals surface area contributed by atoms with Crippen molar-refractivity contribution in [2.45, 2.75) is 19.3 Å². The van der Waals surface area contributed by atoms with Crippen molar-refractivity contribution in [3.05, 3.63) is 95.2 Å². The van der Waals surface area contributed by atoms with Crippen molar-refractivity contribution >= 4 is 17.4 Å². The molecule has 0 N–H and O–H groups in total. The summed E-state index contributed by atoms with van der Waals surface area (Å²) in [6.45, 7) is 0. The van der Waals surface area contributed by atoms with Crippen LogP contribution in [-0.4, -0.2) is 36.4 Å². The van der Waals surface area contributed by atoms with Crippen molar-refractivity contribution < 1.29 is 9.59 Å². The van der Waals surface area contributed by atoms with Crippen LogP contribution < -0.4 is 0 Å². The van der Waals surface area contributed by atoms with Gasteiger partial charge in [-0.1, -0.05) is 54.6 Å². The van der Waals surface area contributed by atoms with Crippen molar-refractivity contribution in [1.29, 1.82) is 0 Å². The first-order valence-electron chi connectivity index (χ1n) is 10.1. The zero-order valence-corrected chi connectivity index (χ0v) is 17.3. The molecule has 30 heavy (non-hydrogen) atoms. The van der Waals surface area contributed by atoms with E-state index in [1.807, 2.05) is 60.7 Å². The number of hydrogen-bond acceptors (Lipinski definition) is 3. The van der Waals surface area contributed by atoms with Crippen molar-refractivity contribution in [2.24, 2.45) is 4.99 Å². The highest BCUT2D eigenvalue weighted by Crippen LogP contribution is 2.27.